The van der Waals surface area contributed by atoms with Crippen molar-refractivity contribution >= 4 is 37.9 Å². The monoisotopic (exact) mass is 469 g/mol. The van der Waals surface area contributed by atoms with Crippen LogP contribution in [-0.2, 0) is 10.0 Å². The Labute approximate surface area is 193 Å². The van der Waals surface area contributed by atoms with Gasteiger partial charge >= 0.3 is 0 Å². The second-order valence-electron chi connectivity index (χ2n) is 8.02. The summed E-state index contributed by atoms with van der Waals surface area (Å²) in [5.41, 5.74) is 1.02. The largest absolute Gasteiger partial charge is 0.383 e. The van der Waals surface area contributed by atoms with Crippen LogP contribution in [0.25, 0.3) is 10.8 Å². The first-order valence-electron chi connectivity index (χ1n) is 10.8. The molecule has 0 spiro atoms. The predicted molar refractivity (Wildman–Crippen MR) is 130 cm³/mol. The number of nitrogens with one attached hydrogen (secondary N) is 2. The van der Waals surface area contributed by atoms with Gasteiger partial charge in [-0.25, -0.2) is 8.42 Å². The fraction of sp³-hybridized carbons (Fsp3) is 0.304. The Morgan fingerprint density at radius 2 is 1.58 bits per heavy atom. The molecule has 0 aliphatic carbocycles. The molecular formula is C23H27N5O4S. The highest BCUT2D eigenvalue weighted by Gasteiger charge is 2.29. The van der Waals surface area contributed by atoms with Crippen LogP contribution in [0.15, 0.2) is 65.6 Å². The first kappa shape index (κ1) is 23.0. The molecule has 33 heavy (non-hydrogen) atoms. The van der Waals surface area contributed by atoms with Crippen LogP contribution >= 0.6 is 0 Å². The lowest BCUT2D eigenvalue weighted by molar-refractivity contribution is -0.384. The van der Waals surface area contributed by atoms with Gasteiger partial charge in [-0.1, -0.05) is 36.4 Å². The van der Waals surface area contributed by atoms with E-state index < -0.39 is 14.9 Å². The summed E-state index contributed by atoms with van der Waals surface area (Å²) in [5, 5.41) is 20.3. The molecule has 2 N–H and O–H groups in total. The molecule has 174 valence electrons. The van der Waals surface area contributed by atoms with Gasteiger partial charge in [0.25, 0.3) is 5.69 Å². The van der Waals surface area contributed by atoms with Crippen LogP contribution in [0.3, 0.4) is 0 Å². The fourth-order valence-corrected chi connectivity index (χ4v) is 5.37. The Morgan fingerprint density at radius 1 is 0.909 bits per heavy atom. The lowest BCUT2D eigenvalue weighted by atomic mass is 10.1. The second-order valence-corrected chi connectivity index (χ2v) is 9.96. The summed E-state index contributed by atoms with van der Waals surface area (Å²) in [4.78, 5) is 13.1. The molecule has 9 nitrogen and oxygen atoms in total. The van der Waals surface area contributed by atoms with Gasteiger partial charge in [0, 0.05) is 56.4 Å². The zero-order valence-corrected chi connectivity index (χ0v) is 19.2. The van der Waals surface area contributed by atoms with Gasteiger partial charge in [-0.3, -0.25) is 10.1 Å². The van der Waals surface area contributed by atoms with Crippen molar-refractivity contribution in [1.82, 2.24) is 9.21 Å². The molecule has 3 aromatic carbocycles. The maximum atomic E-state index is 13.0. The van der Waals surface area contributed by atoms with E-state index in [1.165, 1.54) is 16.4 Å². The van der Waals surface area contributed by atoms with E-state index in [1.807, 2.05) is 54.4 Å². The molecule has 3 aromatic rings. The Morgan fingerprint density at radius 3 is 2.30 bits per heavy atom. The Hall–Kier alpha value is -3.21. The van der Waals surface area contributed by atoms with Crippen LogP contribution in [0, 0.1) is 10.1 Å². The van der Waals surface area contributed by atoms with Crippen LogP contribution in [0.5, 0.6) is 0 Å². The number of rotatable bonds is 8. The molecule has 0 bridgehead atoms. The number of hydrogen-bond acceptors (Lipinski definition) is 7. The standard InChI is InChI=1S/C23H27N5O4S/c1-26-13-15-27(16-14-26)33(31,32)19-9-10-22(23(17-19)28(29)30)25-12-11-24-21-8-4-6-18-5-2-3-7-20(18)21/h2-10,17,24-25H,11-16H2,1H3. The van der Waals surface area contributed by atoms with Crippen LogP contribution in [0.4, 0.5) is 17.1 Å². The molecular weight excluding hydrogens is 442 g/mol. The number of sulfonamides is 1. The second kappa shape index (κ2) is 9.74. The summed E-state index contributed by atoms with van der Waals surface area (Å²) in [6.45, 7) is 2.95. The van der Waals surface area contributed by atoms with Gasteiger partial charge in [-0.2, -0.15) is 4.31 Å². The van der Waals surface area contributed by atoms with Gasteiger partial charge in [0.2, 0.25) is 10.0 Å². The van der Waals surface area contributed by atoms with Crippen molar-refractivity contribution in [3.05, 3.63) is 70.8 Å². The van der Waals surface area contributed by atoms with E-state index >= 15 is 0 Å². The van der Waals surface area contributed by atoms with Crippen molar-refractivity contribution in [2.45, 2.75) is 4.90 Å². The average molecular weight is 470 g/mol. The minimum Gasteiger partial charge on any atom is -0.383 e. The highest BCUT2D eigenvalue weighted by molar-refractivity contribution is 7.89. The molecule has 0 amide bonds. The van der Waals surface area contributed by atoms with Gasteiger partial charge < -0.3 is 15.5 Å². The number of hydrogen-bond donors (Lipinski definition) is 2. The number of piperazine rings is 1. The zero-order valence-electron chi connectivity index (χ0n) is 18.4. The third-order valence-corrected chi connectivity index (χ3v) is 7.71. The number of fused-ring (bicyclic) bond motifs is 1. The molecule has 10 heteroatoms. The van der Waals surface area contributed by atoms with E-state index in [0.717, 1.165) is 22.5 Å². The van der Waals surface area contributed by atoms with Gasteiger partial charge in [0.1, 0.15) is 5.69 Å². The van der Waals surface area contributed by atoms with Crippen molar-refractivity contribution in [2.24, 2.45) is 0 Å². The van der Waals surface area contributed by atoms with E-state index in [0.29, 0.717) is 39.3 Å². The molecule has 1 heterocycles. The smallest absolute Gasteiger partial charge is 0.293 e. The molecule has 4 rings (SSSR count). The first-order valence-corrected chi connectivity index (χ1v) is 12.2. The molecule has 1 saturated heterocycles. The average Bonchev–Trinajstić information content (AvgIpc) is 2.82. The van der Waals surface area contributed by atoms with Gasteiger partial charge in [0.15, 0.2) is 0 Å². The lowest BCUT2D eigenvalue weighted by Gasteiger charge is -2.31. The SMILES string of the molecule is CN1CCN(S(=O)(=O)c2ccc(NCCNc3cccc4ccccc34)c([N+](=O)[O-])c2)CC1. The molecule has 0 saturated carbocycles. The summed E-state index contributed by atoms with van der Waals surface area (Å²) in [6.07, 6.45) is 0. The van der Waals surface area contributed by atoms with E-state index in [1.54, 1.807) is 0 Å². The van der Waals surface area contributed by atoms with Gasteiger partial charge in [-0.05, 0) is 30.6 Å². The highest BCUT2D eigenvalue weighted by atomic mass is 32.2. The first-order chi connectivity index (χ1) is 15.9. The van der Waals surface area contributed by atoms with Crippen molar-refractivity contribution in [3.63, 3.8) is 0 Å². The number of likely N-dealkylation sites (N-methyl/N-ethyl adjacent to an activating group) is 1. The van der Waals surface area contributed by atoms with E-state index in [9.17, 15) is 18.5 Å². The van der Waals surface area contributed by atoms with E-state index in [2.05, 4.69) is 10.6 Å². The van der Waals surface area contributed by atoms with Crippen molar-refractivity contribution in [1.29, 1.82) is 0 Å². The summed E-state index contributed by atoms with van der Waals surface area (Å²) in [7, 11) is -1.84. The van der Waals surface area contributed by atoms with Crippen LogP contribution < -0.4 is 10.6 Å². The van der Waals surface area contributed by atoms with Crippen molar-refractivity contribution in [3.8, 4) is 0 Å². The Bertz CT molecular complexity index is 1250. The fourth-order valence-electron chi connectivity index (χ4n) is 3.92. The normalized spacial score (nSPS) is 15.4. The summed E-state index contributed by atoms with van der Waals surface area (Å²) in [5.74, 6) is 0. The van der Waals surface area contributed by atoms with Crippen LogP contribution in [-0.4, -0.2) is 68.9 Å². The van der Waals surface area contributed by atoms with Crippen molar-refractivity contribution in [2.75, 3.05) is 56.9 Å². The van der Waals surface area contributed by atoms with E-state index in [-0.39, 0.29) is 16.3 Å². The molecule has 1 aliphatic rings. The number of anilines is 2. The molecule has 0 atom stereocenters. The maximum Gasteiger partial charge on any atom is 0.293 e. The number of nitro groups is 1. The van der Waals surface area contributed by atoms with Gasteiger partial charge in [0.05, 0.1) is 9.82 Å². The summed E-state index contributed by atoms with van der Waals surface area (Å²) >= 11 is 0. The number of benzene rings is 3. The molecule has 0 aromatic heterocycles. The third-order valence-electron chi connectivity index (χ3n) is 5.81. The van der Waals surface area contributed by atoms with Crippen LogP contribution in [0.2, 0.25) is 0 Å². The molecule has 1 fully saturated rings. The maximum absolute atomic E-state index is 13.0. The predicted octanol–water partition coefficient (Wildman–Crippen LogP) is 3.21. The topological polar surface area (TPSA) is 108 Å². The van der Waals surface area contributed by atoms with Gasteiger partial charge in [-0.15, -0.1) is 0 Å². The Balaban J connectivity index is 1.44. The lowest BCUT2D eigenvalue weighted by Crippen LogP contribution is -2.47. The molecule has 0 unspecified atom stereocenters. The number of nitrogens with zero attached hydrogens (tertiary/aromatic N) is 3. The Kier molecular flexibility index (Phi) is 6.77. The highest BCUT2D eigenvalue weighted by Crippen LogP contribution is 2.29. The zero-order chi connectivity index (χ0) is 23.4. The third kappa shape index (κ3) is 5.08. The molecule has 1 aliphatic heterocycles. The van der Waals surface area contributed by atoms with Crippen LogP contribution in [0.1, 0.15) is 0 Å². The minimum atomic E-state index is -3.78. The quantitative estimate of drug-likeness (QED) is 0.296. The number of nitro benzene ring substituents is 1. The summed E-state index contributed by atoms with van der Waals surface area (Å²) < 4.78 is 27.3. The minimum absolute atomic E-state index is 0.0572. The molecule has 0 radical (unpaired) electrons. The summed E-state index contributed by atoms with van der Waals surface area (Å²) in [6, 6.07) is 18.1. The van der Waals surface area contributed by atoms with E-state index in [4.69, 9.17) is 0 Å². The van der Waals surface area contributed by atoms with Crippen molar-refractivity contribution < 1.29 is 13.3 Å².